The lowest BCUT2D eigenvalue weighted by Gasteiger charge is -2.48. The van der Waals surface area contributed by atoms with E-state index in [9.17, 15) is 4.79 Å². The Hall–Kier alpha value is -2.05. The van der Waals surface area contributed by atoms with Crippen LogP contribution in [0.1, 0.15) is 30.1 Å². The quantitative estimate of drug-likeness (QED) is 0.554. The summed E-state index contributed by atoms with van der Waals surface area (Å²) in [6.45, 7) is 8.70. The highest BCUT2D eigenvalue weighted by molar-refractivity contribution is 5.98. The molecule has 4 aliphatic heterocycles. The highest BCUT2D eigenvalue weighted by Crippen LogP contribution is 2.43. The number of amides is 1. The fourth-order valence-corrected chi connectivity index (χ4v) is 4.77. The van der Waals surface area contributed by atoms with Gasteiger partial charge in [-0.05, 0) is 24.1 Å². The van der Waals surface area contributed by atoms with Crippen molar-refractivity contribution >= 4 is 11.6 Å². The lowest BCUT2D eigenvalue weighted by atomic mass is 9.73. The summed E-state index contributed by atoms with van der Waals surface area (Å²) >= 11 is 0. The summed E-state index contributed by atoms with van der Waals surface area (Å²) in [4.78, 5) is 17.7. The molecule has 1 aromatic carbocycles. The number of rotatable bonds is 5. The van der Waals surface area contributed by atoms with Crippen LogP contribution in [0.4, 0.5) is 5.69 Å². The molecule has 6 nitrogen and oxygen atoms in total. The molecule has 134 valence electrons. The Kier molecular flexibility index (Phi) is 4.17. The van der Waals surface area contributed by atoms with Crippen molar-refractivity contribution in [1.29, 1.82) is 0 Å². The Morgan fingerprint density at radius 2 is 1.88 bits per heavy atom. The van der Waals surface area contributed by atoms with Crippen LogP contribution in [0.3, 0.4) is 0 Å². The van der Waals surface area contributed by atoms with Crippen LogP contribution in [-0.4, -0.2) is 55.0 Å². The minimum Gasteiger partial charge on any atom is -0.398 e. The normalized spacial score (nSPS) is 30.3. The molecule has 2 fully saturated rings. The Morgan fingerprint density at radius 3 is 2.52 bits per heavy atom. The maximum absolute atomic E-state index is 12.5. The average molecular weight is 341 g/mol. The third-order valence-electron chi connectivity index (χ3n) is 5.73. The molecule has 2 saturated heterocycles. The summed E-state index contributed by atoms with van der Waals surface area (Å²) in [6.07, 6.45) is 2.27. The van der Waals surface area contributed by atoms with E-state index in [0.717, 1.165) is 52.1 Å². The van der Waals surface area contributed by atoms with Gasteiger partial charge >= 0.3 is 0 Å². The van der Waals surface area contributed by atoms with Crippen molar-refractivity contribution in [2.24, 2.45) is 5.41 Å². The topological polar surface area (TPSA) is 73.6 Å². The molecule has 0 aliphatic carbocycles. The molecule has 0 radical (unpaired) electrons. The van der Waals surface area contributed by atoms with Crippen LogP contribution >= 0.6 is 0 Å². The third-order valence-corrected chi connectivity index (χ3v) is 5.73. The molecule has 0 saturated carbocycles. The van der Waals surface area contributed by atoms with Gasteiger partial charge in [0.25, 0.3) is 5.91 Å². The van der Waals surface area contributed by atoms with Gasteiger partial charge in [-0.1, -0.05) is 25.5 Å². The fraction of sp³-hybridized carbons (Fsp3) is 0.526. The summed E-state index contributed by atoms with van der Waals surface area (Å²) < 4.78 is 0. The SMILES string of the molecule is CCCC12CN3CCN(CC(=C1NNC(=O)c1ccccc1N)C3)C2. The number of fused-ring (bicyclic) bond motifs is 1. The smallest absolute Gasteiger partial charge is 0.271 e. The first kappa shape index (κ1) is 16.4. The summed E-state index contributed by atoms with van der Waals surface area (Å²) in [5, 5.41) is 0. The number of nitrogens with two attached hydrogens (primary N) is 1. The number of nitrogens with zero attached hydrogens (tertiary/aromatic N) is 2. The molecule has 5 rings (SSSR count). The molecular formula is C19H27N5O. The maximum Gasteiger partial charge on any atom is 0.271 e. The van der Waals surface area contributed by atoms with E-state index in [0.29, 0.717) is 11.3 Å². The van der Waals surface area contributed by atoms with E-state index >= 15 is 0 Å². The second-order valence-corrected chi connectivity index (χ2v) is 7.60. The minimum atomic E-state index is -0.176. The van der Waals surface area contributed by atoms with Crippen LogP contribution in [0.2, 0.25) is 0 Å². The van der Waals surface area contributed by atoms with Crippen molar-refractivity contribution < 1.29 is 4.79 Å². The molecule has 0 aromatic heterocycles. The lowest BCUT2D eigenvalue weighted by molar-refractivity contribution is 0.0902. The molecule has 25 heavy (non-hydrogen) atoms. The van der Waals surface area contributed by atoms with Crippen molar-refractivity contribution in [3.05, 3.63) is 41.1 Å². The van der Waals surface area contributed by atoms with Crippen molar-refractivity contribution in [3.8, 4) is 0 Å². The zero-order valence-electron chi connectivity index (χ0n) is 14.8. The van der Waals surface area contributed by atoms with Crippen LogP contribution in [0.5, 0.6) is 0 Å². The number of nitrogens with one attached hydrogen (secondary N) is 2. The Bertz CT molecular complexity index is 696. The molecule has 4 N–H and O–H groups in total. The van der Waals surface area contributed by atoms with Crippen molar-refractivity contribution in [2.75, 3.05) is 45.0 Å². The van der Waals surface area contributed by atoms with E-state index in [1.165, 1.54) is 11.3 Å². The fourth-order valence-electron chi connectivity index (χ4n) is 4.77. The van der Waals surface area contributed by atoms with Crippen molar-refractivity contribution in [1.82, 2.24) is 20.7 Å². The standard InChI is InChI=1S/C19H27N5O/c1-2-7-19-12-23-8-9-24(13-19)11-14(10-23)17(19)21-22-18(25)15-5-3-4-6-16(15)20/h3-6,21H,2,7-13,20H2,1H3,(H,22,25). The van der Waals surface area contributed by atoms with E-state index in [4.69, 9.17) is 5.73 Å². The first-order valence-corrected chi connectivity index (χ1v) is 9.19. The predicted molar refractivity (Wildman–Crippen MR) is 98.7 cm³/mol. The van der Waals surface area contributed by atoms with E-state index in [1.54, 1.807) is 12.1 Å². The summed E-state index contributed by atoms with van der Waals surface area (Å²) in [5.74, 6) is -0.176. The van der Waals surface area contributed by atoms with Gasteiger partial charge in [-0.15, -0.1) is 0 Å². The number of hydrazine groups is 1. The predicted octanol–water partition coefficient (Wildman–Crippen LogP) is 1.19. The second kappa shape index (κ2) is 6.35. The number of para-hydroxylation sites is 1. The van der Waals surface area contributed by atoms with E-state index in [1.807, 2.05) is 12.1 Å². The highest BCUT2D eigenvalue weighted by atomic mass is 16.2. The maximum atomic E-state index is 12.5. The van der Waals surface area contributed by atoms with E-state index < -0.39 is 0 Å². The molecule has 2 atom stereocenters. The number of carbonyl (C=O) groups excluding carboxylic acids is 1. The van der Waals surface area contributed by atoms with Crippen LogP contribution in [0.15, 0.2) is 35.5 Å². The van der Waals surface area contributed by atoms with Crippen LogP contribution in [-0.2, 0) is 0 Å². The molecule has 1 amide bonds. The van der Waals surface area contributed by atoms with E-state index in [-0.39, 0.29) is 11.3 Å². The monoisotopic (exact) mass is 341 g/mol. The van der Waals surface area contributed by atoms with Gasteiger partial charge in [-0.2, -0.15) is 0 Å². The van der Waals surface area contributed by atoms with Gasteiger partial charge in [0.15, 0.2) is 0 Å². The molecule has 2 unspecified atom stereocenters. The number of benzene rings is 1. The molecule has 4 bridgehead atoms. The Labute approximate surface area is 149 Å². The molecule has 4 heterocycles. The van der Waals surface area contributed by atoms with Gasteiger partial charge in [-0.25, -0.2) is 0 Å². The van der Waals surface area contributed by atoms with Crippen LogP contribution in [0, 0.1) is 5.41 Å². The zero-order valence-corrected chi connectivity index (χ0v) is 14.8. The minimum absolute atomic E-state index is 0.104. The van der Waals surface area contributed by atoms with E-state index in [2.05, 4.69) is 27.6 Å². The summed E-state index contributed by atoms with van der Waals surface area (Å²) in [5.41, 5.74) is 15.9. The van der Waals surface area contributed by atoms with Gasteiger partial charge in [0.1, 0.15) is 0 Å². The second-order valence-electron chi connectivity index (χ2n) is 7.60. The van der Waals surface area contributed by atoms with Gasteiger partial charge in [-0.3, -0.25) is 20.0 Å². The molecule has 1 aromatic rings. The van der Waals surface area contributed by atoms with Crippen LogP contribution in [0.25, 0.3) is 0 Å². The Balaban J connectivity index is 1.57. The first-order valence-electron chi connectivity index (χ1n) is 9.19. The molecule has 6 heteroatoms. The molecule has 4 aliphatic rings. The number of hydrogen-bond acceptors (Lipinski definition) is 5. The average Bonchev–Trinajstić information content (AvgIpc) is 2.82. The summed E-state index contributed by atoms with van der Waals surface area (Å²) in [6, 6.07) is 7.18. The van der Waals surface area contributed by atoms with Gasteiger partial charge < -0.3 is 11.2 Å². The lowest BCUT2D eigenvalue weighted by Crippen LogP contribution is -2.57. The van der Waals surface area contributed by atoms with Crippen molar-refractivity contribution in [2.45, 2.75) is 19.8 Å². The highest BCUT2D eigenvalue weighted by Gasteiger charge is 2.47. The zero-order chi connectivity index (χ0) is 17.4. The largest absolute Gasteiger partial charge is 0.398 e. The van der Waals surface area contributed by atoms with Crippen molar-refractivity contribution in [3.63, 3.8) is 0 Å². The van der Waals surface area contributed by atoms with Gasteiger partial charge in [0, 0.05) is 56.1 Å². The third kappa shape index (κ3) is 2.89. The van der Waals surface area contributed by atoms with Gasteiger partial charge in [0.05, 0.1) is 5.56 Å². The van der Waals surface area contributed by atoms with Crippen LogP contribution < -0.4 is 16.6 Å². The number of nitrogen functional groups attached to an aromatic ring is 1. The number of anilines is 1. The van der Waals surface area contributed by atoms with Gasteiger partial charge in [0.2, 0.25) is 0 Å². The molecular weight excluding hydrogens is 314 g/mol. The summed E-state index contributed by atoms with van der Waals surface area (Å²) in [7, 11) is 0. The first-order chi connectivity index (χ1) is 12.1. The number of carbonyl (C=O) groups is 1. The Morgan fingerprint density at radius 1 is 1.20 bits per heavy atom. The number of hydrogen-bond donors (Lipinski definition) is 3. The molecule has 0 spiro atoms.